The predicted molar refractivity (Wildman–Crippen MR) is 79.7 cm³/mol. The minimum absolute atomic E-state index is 0.0313. The summed E-state index contributed by atoms with van der Waals surface area (Å²) in [6.45, 7) is 1.47. The molecule has 0 aliphatic heterocycles. The summed E-state index contributed by atoms with van der Waals surface area (Å²) in [5, 5.41) is 2.47. The Morgan fingerprint density at radius 3 is 2.83 bits per heavy atom. The Hall–Kier alpha value is -3.10. The molecule has 1 aromatic carbocycles. The molecular weight excluding hydrogens is 325 g/mol. The maximum absolute atomic E-state index is 12.4. The van der Waals surface area contributed by atoms with Crippen molar-refractivity contribution in [1.82, 2.24) is 15.0 Å². The Morgan fingerprint density at radius 2 is 2.08 bits per heavy atom. The van der Waals surface area contributed by atoms with Crippen LogP contribution >= 0.6 is 0 Å². The van der Waals surface area contributed by atoms with Gasteiger partial charge < -0.3 is 15.0 Å². The molecule has 0 aliphatic rings. The van der Waals surface area contributed by atoms with Crippen LogP contribution in [0.15, 0.2) is 36.7 Å². The molecule has 0 radical (unpaired) electrons. The SMILES string of the molecule is Cc1ccc(NC(=O)c2cnc3cc[nH]c3n2)cc1OC(F)(F)F. The second-order valence-corrected chi connectivity index (χ2v) is 4.95. The number of rotatable bonds is 3. The summed E-state index contributed by atoms with van der Waals surface area (Å²) in [4.78, 5) is 23.1. The molecule has 24 heavy (non-hydrogen) atoms. The van der Waals surface area contributed by atoms with Crippen LogP contribution in [-0.2, 0) is 0 Å². The number of hydrogen-bond donors (Lipinski definition) is 2. The molecule has 0 fully saturated rings. The molecule has 2 aromatic heterocycles. The summed E-state index contributed by atoms with van der Waals surface area (Å²) in [7, 11) is 0. The van der Waals surface area contributed by atoms with E-state index in [1.54, 1.807) is 12.3 Å². The number of aromatic nitrogens is 3. The Morgan fingerprint density at radius 1 is 1.29 bits per heavy atom. The minimum atomic E-state index is -4.81. The van der Waals surface area contributed by atoms with Gasteiger partial charge in [0, 0.05) is 18.0 Å². The van der Waals surface area contributed by atoms with E-state index in [4.69, 9.17) is 0 Å². The topological polar surface area (TPSA) is 79.9 Å². The van der Waals surface area contributed by atoms with Crippen LogP contribution in [-0.4, -0.2) is 27.2 Å². The lowest BCUT2D eigenvalue weighted by atomic mass is 10.2. The molecule has 9 heteroatoms. The van der Waals surface area contributed by atoms with Crippen LogP contribution in [0.1, 0.15) is 16.1 Å². The molecule has 2 N–H and O–H groups in total. The number of aromatic amines is 1. The van der Waals surface area contributed by atoms with Gasteiger partial charge in [-0.1, -0.05) is 6.07 Å². The highest BCUT2D eigenvalue weighted by Gasteiger charge is 2.31. The summed E-state index contributed by atoms with van der Waals surface area (Å²) >= 11 is 0. The van der Waals surface area contributed by atoms with Gasteiger partial charge in [-0.3, -0.25) is 9.78 Å². The van der Waals surface area contributed by atoms with Crippen molar-refractivity contribution in [3.8, 4) is 5.75 Å². The molecule has 6 nitrogen and oxygen atoms in total. The van der Waals surface area contributed by atoms with E-state index >= 15 is 0 Å². The van der Waals surface area contributed by atoms with Crippen molar-refractivity contribution >= 4 is 22.8 Å². The molecule has 124 valence electrons. The minimum Gasteiger partial charge on any atom is -0.405 e. The number of amides is 1. The van der Waals surface area contributed by atoms with E-state index in [1.807, 2.05) is 0 Å². The Balaban J connectivity index is 1.82. The predicted octanol–water partition coefficient (Wildman–Crippen LogP) is 3.42. The molecule has 0 saturated carbocycles. The molecule has 0 aliphatic carbocycles. The first-order valence-corrected chi connectivity index (χ1v) is 6.80. The average molecular weight is 336 g/mol. The van der Waals surface area contributed by atoms with E-state index in [0.717, 1.165) is 6.07 Å². The van der Waals surface area contributed by atoms with E-state index in [9.17, 15) is 18.0 Å². The highest BCUT2D eigenvalue weighted by Crippen LogP contribution is 2.28. The number of H-pyrrole nitrogens is 1. The quantitative estimate of drug-likeness (QED) is 0.768. The first-order chi connectivity index (χ1) is 11.3. The molecule has 0 unspecified atom stereocenters. The number of carbonyl (C=O) groups excluding carboxylic acids is 1. The number of hydrogen-bond acceptors (Lipinski definition) is 4. The fourth-order valence-electron chi connectivity index (χ4n) is 2.04. The average Bonchev–Trinajstić information content (AvgIpc) is 2.96. The number of halogens is 3. The third-order valence-corrected chi connectivity index (χ3v) is 3.17. The maximum atomic E-state index is 12.4. The lowest BCUT2D eigenvalue weighted by Gasteiger charge is -2.13. The number of benzene rings is 1. The van der Waals surface area contributed by atoms with Crippen LogP contribution in [0.3, 0.4) is 0 Å². The zero-order valence-electron chi connectivity index (χ0n) is 12.3. The maximum Gasteiger partial charge on any atom is 0.573 e. The molecule has 0 spiro atoms. The third-order valence-electron chi connectivity index (χ3n) is 3.17. The zero-order valence-corrected chi connectivity index (χ0v) is 12.3. The van der Waals surface area contributed by atoms with Gasteiger partial charge in [-0.25, -0.2) is 4.98 Å². The Bertz CT molecular complexity index is 905. The standard InChI is InChI=1S/C15H11F3N4O2/c1-8-2-3-9(6-12(8)24-15(16,17)18)21-14(23)11-7-20-10-4-5-19-13(10)22-11/h2-7H,1H3,(H,19,22)(H,21,23). The van der Waals surface area contributed by atoms with Gasteiger partial charge in [0.05, 0.1) is 6.20 Å². The third kappa shape index (κ3) is 3.45. The first-order valence-electron chi connectivity index (χ1n) is 6.80. The van der Waals surface area contributed by atoms with Gasteiger partial charge in [-0.2, -0.15) is 0 Å². The van der Waals surface area contributed by atoms with Gasteiger partial charge in [0.1, 0.15) is 17.0 Å². The largest absolute Gasteiger partial charge is 0.573 e. The summed E-state index contributed by atoms with van der Waals surface area (Å²) in [5.74, 6) is -0.980. The van der Waals surface area contributed by atoms with Gasteiger partial charge in [-0.05, 0) is 24.6 Å². The second kappa shape index (κ2) is 5.84. The van der Waals surface area contributed by atoms with E-state index in [0.29, 0.717) is 11.2 Å². The van der Waals surface area contributed by atoms with Gasteiger partial charge in [0.2, 0.25) is 0 Å². The molecule has 0 bridgehead atoms. The second-order valence-electron chi connectivity index (χ2n) is 4.95. The van der Waals surface area contributed by atoms with Gasteiger partial charge in [0.25, 0.3) is 5.91 Å². The fourth-order valence-corrected chi connectivity index (χ4v) is 2.04. The fraction of sp³-hybridized carbons (Fsp3) is 0.133. The Kier molecular flexibility index (Phi) is 3.84. The van der Waals surface area contributed by atoms with Crippen LogP contribution in [0, 0.1) is 6.92 Å². The van der Waals surface area contributed by atoms with E-state index in [1.165, 1.54) is 25.3 Å². The number of ether oxygens (including phenoxy) is 1. The normalized spacial score (nSPS) is 11.5. The number of nitrogens with one attached hydrogen (secondary N) is 2. The number of anilines is 1. The van der Waals surface area contributed by atoms with Crippen LogP contribution in [0.2, 0.25) is 0 Å². The van der Waals surface area contributed by atoms with Crippen molar-refractivity contribution in [2.75, 3.05) is 5.32 Å². The summed E-state index contributed by atoms with van der Waals surface area (Å²) in [6, 6.07) is 5.68. The lowest BCUT2D eigenvalue weighted by Crippen LogP contribution is -2.18. The van der Waals surface area contributed by atoms with E-state index < -0.39 is 12.3 Å². The highest BCUT2D eigenvalue weighted by atomic mass is 19.4. The van der Waals surface area contributed by atoms with Crippen molar-refractivity contribution in [2.45, 2.75) is 13.3 Å². The highest BCUT2D eigenvalue weighted by molar-refractivity contribution is 6.03. The molecule has 3 rings (SSSR count). The Labute approximate surface area is 133 Å². The van der Waals surface area contributed by atoms with Gasteiger partial charge in [-0.15, -0.1) is 13.2 Å². The van der Waals surface area contributed by atoms with Crippen LogP contribution < -0.4 is 10.1 Å². The summed E-state index contributed by atoms with van der Waals surface area (Å²) in [6.07, 6.45) is -1.89. The number of nitrogens with zero attached hydrogens (tertiary/aromatic N) is 2. The summed E-state index contributed by atoms with van der Waals surface area (Å²) < 4.78 is 41.0. The van der Waals surface area contributed by atoms with Crippen molar-refractivity contribution in [3.63, 3.8) is 0 Å². The number of aryl methyl sites for hydroxylation is 1. The lowest BCUT2D eigenvalue weighted by molar-refractivity contribution is -0.274. The van der Waals surface area contributed by atoms with E-state index in [-0.39, 0.29) is 22.7 Å². The van der Waals surface area contributed by atoms with Crippen LogP contribution in [0.25, 0.3) is 11.2 Å². The van der Waals surface area contributed by atoms with Crippen molar-refractivity contribution in [1.29, 1.82) is 0 Å². The van der Waals surface area contributed by atoms with Crippen molar-refractivity contribution < 1.29 is 22.7 Å². The van der Waals surface area contributed by atoms with Crippen molar-refractivity contribution in [2.24, 2.45) is 0 Å². The van der Waals surface area contributed by atoms with E-state index in [2.05, 4.69) is 25.0 Å². The molecule has 0 saturated heterocycles. The smallest absolute Gasteiger partial charge is 0.405 e. The molecule has 2 heterocycles. The first kappa shape index (κ1) is 15.8. The number of fused-ring (bicyclic) bond motifs is 1. The molecular formula is C15H11F3N4O2. The number of alkyl halides is 3. The van der Waals surface area contributed by atoms with Crippen LogP contribution in [0.5, 0.6) is 5.75 Å². The molecule has 3 aromatic rings. The molecule has 1 amide bonds. The monoisotopic (exact) mass is 336 g/mol. The molecule has 0 atom stereocenters. The van der Waals surface area contributed by atoms with Gasteiger partial charge in [0.15, 0.2) is 5.65 Å². The number of carbonyl (C=O) groups is 1. The van der Waals surface area contributed by atoms with Gasteiger partial charge >= 0.3 is 6.36 Å². The van der Waals surface area contributed by atoms with Crippen LogP contribution in [0.4, 0.5) is 18.9 Å². The van der Waals surface area contributed by atoms with Crippen molar-refractivity contribution in [3.05, 3.63) is 47.9 Å². The zero-order chi connectivity index (χ0) is 17.3. The summed E-state index contributed by atoms with van der Waals surface area (Å²) in [5.41, 5.74) is 1.51.